The molecule has 0 aliphatic carbocycles. The van der Waals surface area contributed by atoms with Crippen molar-refractivity contribution in [3.8, 4) is 0 Å². The highest BCUT2D eigenvalue weighted by Gasteiger charge is 2.49. The maximum absolute atomic E-state index is 11.4. The lowest BCUT2D eigenvalue weighted by Crippen LogP contribution is -2.62. The average Bonchev–Trinajstić information content (AvgIpc) is 3.00. The molecule has 1 aromatic rings. The topological polar surface area (TPSA) is 61.7 Å². The third-order valence-corrected chi connectivity index (χ3v) is 6.46. The quantitative estimate of drug-likeness (QED) is 0.870. The van der Waals surface area contributed by atoms with Gasteiger partial charge in [-0.25, -0.2) is 0 Å². The Labute approximate surface area is 148 Å². The first kappa shape index (κ1) is 18.0. The second-order valence-electron chi connectivity index (χ2n) is 7.70. The highest BCUT2D eigenvalue weighted by atomic mass is 32.1. The van der Waals surface area contributed by atoms with Crippen LogP contribution in [-0.4, -0.2) is 71.7 Å². The number of aryl methyl sites for hydroxylation is 1. The summed E-state index contributed by atoms with van der Waals surface area (Å²) in [6.07, 6.45) is 2.86. The molecule has 0 radical (unpaired) electrons. The van der Waals surface area contributed by atoms with E-state index in [1.54, 1.807) is 11.3 Å². The van der Waals surface area contributed by atoms with E-state index in [1.807, 2.05) is 0 Å². The average molecular weight is 355 g/mol. The number of hydrogen-bond donors (Lipinski definition) is 1. The predicted molar refractivity (Wildman–Crippen MR) is 96.7 cm³/mol. The van der Waals surface area contributed by atoms with Crippen LogP contribution in [0.4, 0.5) is 5.13 Å². The molecule has 24 heavy (non-hydrogen) atoms. The number of aliphatic hydroxyl groups is 1. The lowest BCUT2D eigenvalue weighted by atomic mass is 9.69. The third-order valence-electron chi connectivity index (χ3n) is 5.42. The normalized spacial score (nSPS) is 28.2. The standard InChI is InChI=1S/C17H30N4O2S/c1-4-5-14-18-19-15(24-14)21-7-6-17(22,16(2,3)12-21)13-20-8-10-23-11-9-20/h22H,4-13H2,1-3H3/t17-/m0/s1. The van der Waals surface area contributed by atoms with Crippen molar-refractivity contribution in [2.24, 2.45) is 5.41 Å². The summed E-state index contributed by atoms with van der Waals surface area (Å²) >= 11 is 1.70. The van der Waals surface area contributed by atoms with Crippen LogP contribution in [0.3, 0.4) is 0 Å². The second-order valence-corrected chi connectivity index (χ2v) is 8.74. The van der Waals surface area contributed by atoms with Crippen molar-refractivity contribution in [1.82, 2.24) is 15.1 Å². The Kier molecular flexibility index (Phi) is 5.44. The van der Waals surface area contributed by atoms with Gasteiger partial charge in [0.25, 0.3) is 0 Å². The minimum Gasteiger partial charge on any atom is -0.388 e. The first-order valence-corrected chi connectivity index (χ1v) is 9.85. The molecule has 2 aliphatic rings. The Balaban J connectivity index is 1.66. The summed E-state index contributed by atoms with van der Waals surface area (Å²) in [5, 5.41) is 22.1. The van der Waals surface area contributed by atoms with E-state index in [0.717, 1.165) is 75.3 Å². The van der Waals surface area contributed by atoms with Crippen LogP contribution in [0.25, 0.3) is 0 Å². The number of nitrogens with zero attached hydrogens (tertiary/aromatic N) is 4. The number of hydrogen-bond acceptors (Lipinski definition) is 7. The van der Waals surface area contributed by atoms with Crippen LogP contribution in [0.1, 0.15) is 38.6 Å². The molecule has 0 unspecified atom stereocenters. The number of ether oxygens (including phenoxy) is 1. The summed E-state index contributed by atoms with van der Waals surface area (Å²) in [5.74, 6) is 0. The van der Waals surface area contributed by atoms with Crippen LogP contribution in [-0.2, 0) is 11.2 Å². The van der Waals surface area contributed by atoms with Gasteiger partial charge in [0.1, 0.15) is 5.01 Å². The number of aromatic nitrogens is 2. The monoisotopic (exact) mass is 354 g/mol. The molecule has 136 valence electrons. The zero-order valence-electron chi connectivity index (χ0n) is 15.1. The highest BCUT2D eigenvalue weighted by Crippen LogP contribution is 2.41. The Bertz CT molecular complexity index is 544. The van der Waals surface area contributed by atoms with E-state index in [2.05, 4.69) is 40.8 Å². The SMILES string of the molecule is CCCc1nnc(N2CC[C@](O)(CN3CCOCC3)C(C)(C)C2)s1. The van der Waals surface area contributed by atoms with Gasteiger partial charge in [-0.05, 0) is 12.8 Å². The van der Waals surface area contributed by atoms with Gasteiger partial charge >= 0.3 is 0 Å². The predicted octanol–water partition coefficient (Wildman–Crippen LogP) is 1.79. The summed E-state index contributed by atoms with van der Waals surface area (Å²) in [7, 11) is 0. The summed E-state index contributed by atoms with van der Waals surface area (Å²) in [5.41, 5.74) is -0.863. The molecule has 3 heterocycles. The lowest BCUT2D eigenvalue weighted by Gasteiger charge is -2.52. The van der Waals surface area contributed by atoms with Crippen LogP contribution in [0.5, 0.6) is 0 Å². The van der Waals surface area contributed by atoms with Gasteiger partial charge in [-0.15, -0.1) is 10.2 Å². The van der Waals surface area contributed by atoms with Gasteiger partial charge in [0.15, 0.2) is 0 Å². The van der Waals surface area contributed by atoms with Gasteiger partial charge in [-0.2, -0.15) is 0 Å². The number of anilines is 1. The molecule has 0 spiro atoms. The number of rotatable bonds is 5. The second kappa shape index (κ2) is 7.23. The number of morpholine rings is 1. The molecular weight excluding hydrogens is 324 g/mol. The van der Waals surface area contributed by atoms with E-state index in [1.165, 1.54) is 0 Å². The Morgan fingerprint density at radius 2 is 1.96 bits per heavy atom. The molecule has 0 saturated carbocycles. The summed E-state index contributed by atoms with van der Waals surface area (Å²) < 4.78 is 5.43. The lowest BCUT2D eigenvalue weighted by molar-refractivity contribution is -0.111. The molecule has 2 aliphatic heterocycles. The van der Waals surface area contributed by atoms with Crippen molar-refractivity contribution in [1.29, 1.82) is 0 Å². The molecule has 3 rings (SSSR count). The van der Waals surface area contributed by atoms with Crippen molar-refractivity contribution < 1.29 is 9.84 Å². The van der Waals surface area contributed by atoms with Gasteiger partial charge in [0.05, 0.1) is 18.8 Å². The molecule has 1 N–H and O–H groups in total. The van der Waals surface area contributed by atoms with Gasteiger partial charge in [0.2, 0.25) is 5.13 Å². The molecule has 0 bridgehead atoms. The van der Waals surface area contributed by atoms with Crippen molar-refractivity contribution in [2.75, 3.05) is 50.8 Å². The fourth-order valence-corrected chi connectivity index (χ4v) is 4.60. The fraction of sp³-hybridized carbons (Fsp3) is 0.882. The maximum atomic E-state index is 11.4. The van der Waals surface area contributed by atoms with Crippen LogP contribution >= 0.6 is 11.3 Å². The van der Waals surface area contributed by atoms with Crippen LogP contribution < -0.4 is 4.90 Å². The van der Waals surface area contributed by atoms with Crippen LogP contribution in [0.15, 0.2) is 0 Å². The minimum atomic E-state index is -0.669. The maximum Gasteiger partial charge on any atom is 0.208 e. The molecule has 2 saturated heterocycles. The van der Waals surface area contributed by atoms with E-state index < -0.39 is 5.60 Å². The summed E-state index contributed by atoms with van der Waals surface area (Å²) in [6, 6.07) is 0. The molecule has 6 nitrogen and oxygen atoms in total. The third kappa shape index (κ3) is 3.74. The van der Waals surface area contributed by atoms with Crippen molar-refractivity contribution in [3.63, 3.8) is 0 Å². The first-order chi connectivity index (χ1) is 11.4. The van der Waals surface area contributed by atoms with Crippen molar-refractivity contribution in [2.45, 2.75) is 45.6 Å². The van der Waals surface area contributed by atoms with E-state index in [9.17, 15) is 5.11 Å². The largest absolute Gasteiger partial charge is 0.388 e. The van der Waals surface area contributed by atoms with Crippen molar-refractivity contribution >= 4 is 16.5 Å². The molecular formula is C17H30N4O2S. The number of β-amino-alcohol motifs (C(OH)–C–C–N with tert-alkyl or cyclic N) is 1. The molecule has 1 aromatic heterocycles. The van der Waals surface area contributed by atoms with E-state index in [4.69, 9.17) is 4.74 Å². The first-order valence-electron chi connectivity index (χ1n) is 9.03. The Hall–Kier alpha value is -0.760. The molecule has 1 atom stereocenters. The van der Waals surface area contributed by atoms with Crippen LogP contribution in [0, 0.1) is 5.41 Å². The minimum absolute atomic E-state index is 0.194. The van der Waals surface area contributed by atoms with Gasteiger partial charge in [-0.1, -0.05) is 32.1 Å². The fourth-order valence-electron chi connectivity index (χ4n) is 3.63. The highest BCUT2D eigenvalue weighted by molar-refractivity contribution is 7.15. The number of piperidine rings is 1. The molecule has 0 amide bonds. The molecule has 2 fully saturated rings. The molecule has 0 aromatic carbocycles. The smallest absolute Gasteiger partial charge is 0.208 e. The zero-order valence-corrected chi connectivity index (χ0v) is 15.9. The van der Waals surface area contributed by atoms with E-state index in [-0.39, 0.29) is 5.41 Å². The zero-order chi connectivity index (χ0) is 17.2. The van der Waals surface area contributed by atoms with Gasteiger partial charge in [-0.3, -0.25) is 4.90 Å². The van der Waals surface area contributed by atoms with Gasteiger partial charge in [0, 0.05) is 44.6 Å². The summed E-state index contributed by atoms with van der Waals surface area (Å²) in [4.78, 5) is 4.63. The Morgan fingerprint density at radius 3 is 2.62 bits per heavy atom. The summed E-state index contributed by atoms with van der Waals surface area (Å²) in [6.45, 7) is 12.3. The Morgan fingerprint density at radius 1 is 1.21 bits per heavy atom. The van der Waals surface area contributed by atoms with Crippen LogP contribution in [0.2, 0.25) is 0 Å². The van der Waals surface area contributed by atoms with Crippen molar-refractivity contribution in [3.05, 3.63) is 5.01 Å². The van der Waals surface area contributed by atoms with E-state index >= 15 is 0 Å². The van der Waals surface area contributed by atoms with Gasteiger partial charge < -0.3 is 14.7 Å². The molecule has 7 heteroatoms. The van der Waals surface area contributed by atoms with E-state index in [0.29, 0.717) is 0 Å².